The van der Waals surface area contributed by atoms with Gasteiger partial charge in [0, 0.05) is 25.1 Å². The van der Waals surface area contributed by atoms with Crippen LogP contribution in [0.1, 0.15) is 47.3 Å². The van der Waals surface area contributed by atoms with Gasteiger partial charge in [0.2, 0.25) is 21.8 Å². The van der Waals surface area contributed by atoms with Gasteiger partial charge in [0.05, 0.1) is 11.9 Å². The van der Waals surface area contributed by atoms with Gasteiger partial charge in [-0.25, -0.2) is 8.42 Å². The number of carbonyl (C=O) groups excluding carboxylic acids is 3. The summed E-state index contributed by atoms with van der Waals surface area (Å²) in [5.74, 6) is -1.07. The zero-order valence-corrected chi connectivity index (χ0v) is 24.3. The fourth-order valence-corrected chi connectivity index (χ4v) is 5.15. The number of amides is 2. The molecule has 1 N–H and O–H groups in total. The van der Waals surface area contributed by atoms with Crippen LogP contribution in [0, 0.1) is 6.92 Å². The van der Waals surface area contributed by atoms with Gasteiger partial charge in [-0.15, -0.1) is 0 Å². The fourth-order valence-electron chi connectivity index (χ4n) is 4.30. The lowest BCUT2D eigenvalue weighted by atomic mass is 10.0. The third kappa shape index (κ3) is 8.51. The van der Waals surface area contributed by atoms with Gasteiger partial charge < -0.3 is 10.2 Å². The van der Waals surface area contributed by atoms with Crippen LogP contribution in [0.2, 0.25) is 0 Å². The van der Waals surface area contributed by atoms with Crippen molar-refractivity contribution < 1.29 is 22.8 Å². The third-order valence-corrected chi connectivity index (χ3v) is 7.65. The number of anilines is 1. The molecule has 2 amide bonds. The molecule has 0 heterocycles. The predicted octanol–water partition coefficient (Wildman–Crippen LogP) is 4.13. The average molecular weight is 564 g/mol. The van der Waals surface area contributed by atoms with Crippen LogP contribution in [0.5, 0.6) is 0 Å². The maximum absolute atomic E-state index is 14.0. The van der Waals surface area contributed by atoms with Crippen molar-refractivity contribution in [1.29, 1.82) is 0 Å². The summed E-state index contributed by atoms with van der Waals surface area (Å²) in [6, 6.07) is 22.3. The van der Waals surface area contributed by atoms with Crippen molar-refractivity contribution >= 4 is 33.3 Å². The molecule has 3 aromatic rings. The molecule has 1 unspecified atom stereocenters. The SMILES string of the molecule is CCCNC(=O)C(Cc1ccccc1)N(Cc1ccc(C)cc1)C(=O)CN(c1cccc(C(C)=O)c1)S(C)(=O)=O. The second-order valence-corrected chi connectivity index (χ2v) is 11.8. The Morgan fingerprint density at radius 1 is 0.900 bits per heavy atom. The molecule has 8 nitrogen and oxygen atoms in total. The molecule has 3 aromatic carbocycles. The number of hydrogen-bond donors (Lipinski definition) is 1. The molecule has 3 rings (SSSR count). The highest BCUT2D eigenvalue weighted by Gasteiger charge is 2.33. The van der Waals surface area contributed by atoms with Crippen molar-refractivity contribution in [2.75, 3.05) is 23.7 Å². The number of carbonyl (C=O) groups is 3. The zero-order valence-electron chi connectivity index (χ0n) is 23.5. The number of nitrogens with zero attached hydrogens (tertiary/aromatic N) is 2. The molecule has 0 aliphatic heterocycles. The summed E-state index contributed by atoms with van der Waals surface area (Å²) in [5.41, 5.74) is 3.27. The van der Waals surface area contributed by atoms with Crippen molar-refractivity contribution in [2.45, 2.75) is 46.2 Å². The van der Waals surface area contributed by atoms with E-state index < -0.39 is 28.5 Å². The topological polar surface area (TPSA) is 104 Å². The van der Waals surface area contributed by atoms with Crippen LogP contribution in [0.3, 0.4) is 0 Å². The van der Waals surface area contributed by atoms with E-state index >= 15 is 0 Å². The van der Waals surface area contributed by atoms with E-state index in [1.807, 2.05) is 68.4 Å². The Morgan fingerprint density at radius 2 is 1.57 bits per heavy atom. The van der Waals surface area contributed by atoms with Crippen LogP contribution in [-0.4, -0.2) is 56.3 Å². The molecule has 0 aliphatic rings. The Labute approximate surface area is 237 Å². The van der Waals surface area contributed by atoms with Gasteiger partial charge in [0.1, 0.15) is 12.6 Å². The molecule has 0 aliphatic carbocycles. The van der Waals surface area contributed by atoms with E-state index in [1.54, 1.807) is 18.2 Å². The minimum Gasteiger partial charge on any atom is -0.354 e. The quantitative estimate of drug-likeness (QED) is 0.315. The number of benzene rings is 3. The summed E-state index contributed by atoms with van der Waals surface area (Å²) >= 11 is 0. The first-order chi connectivity index (χ1) is 19.0. The maximum atomic E-state index is 14.0. The van der Waals surface area contributed by atoms with Crippen LogP contribution in [-0.2, 0) is 32.6 Å². The first kappa shape index (κ1) is 30.6. The summed E-state index contributed by atoms with van der Waals surface area (Å²) in [7, 11) is -3.91. The Hall–Kier alpha value is -3.98. The maximum Gasteiger partial charge on any atom is 0.244 e. The molecule has 0 radical (unpaired) electrons. The van der Waals surface area contributed by atoms with E-state index in [9.17, 15) is 22.8 Å². The lowest BCUT2D eigenvalue weighted by Crippen LogP contribution is -2.53. The molecule has 212 valence electrons. The van der Waals surface area contributed by atoms with Gasteiger partial charge in [-0.3, -0.25) is 18.7 Å². The first-order valence-corrected chi connectivity index (χ1v) is 15.1. The van der Waals surface area contributed by atoms with Crippen molar-refractivity contribution in [3.05, 3.63) is 101 Å². The van der Waals surface area contributed by atoms with Crippen molar-refractivity contribution in [3.8, 4) is 0 Å². The number of rotatable bonds is 13. The number of Topliss-reactive ketones (excluding diaryl/α,β-unsaturated/α-hetero) is 1. The van der Waals surface area contributed by atoms with E-state index in [-0.39, 0.29) is 30.3 Å². The Balaban J connectivity index is 2.05. The highest BCUT2D eigenvalue weighted by Crippen LogP contribution is 2.22. The summed E-state index contributed by atoms with van der Waals surface area (Å²) < 4.78 is 26.8. The molecule has 0 saturated heterocycles. The second kappa shape index (κ2) is 13.9. The molecule has 0 spiro atoms. The highest BCUT2D eigenvalue weighted by atomic mass is 32.2. The van der Waals surface area contributed by atoms with Crippen molar-refractivity contribution in [2.24, 2.45) is 0 Å². The van der Waals surface area contributed by atoms with Gasteiger partial charge in [-0.1, -0.05) is 79.2 Å². The number of ketones is 1. The van der Waals surface area contributed by atoms with Gasteiger partial charge in [0.25, 0.3) is 0 Å². The number of hydrogen-bond acceptors (Lipinski definition) is 5. The lowest BCUT2D eigenvalue weighted by Gasteiger charge is -2.33. The minimum atomic E-state index is -3.91. The number of aryl methyl sites for hydroxylation is 1. The molecule has 40 heavy (non-hydrogen) atoms. The molecule has 0 fully saturated rings. The molecule has 9 heteroatoms. The van der Waals surface area contributed by atoms with Crippen LogP contribution < -0.4 is 9.62 Å². The van der Waals surface area contributed by atoms with E-state index in [0.717, 1.165) is 33.7 Å². The van der Waals surface area contributed by atoms with E-state index in [1.165, 1.54) is 17.9 Å². The lowest BCUT2D eigenvalue weighted by molar-refractivity contribution is -0.140. The van der Waals surface area contributed by atoms with E-state index in [0.29, 0.717) is 12.1 Å². The predicted molar refractivity (Wildman–Crippen MR) is 158 cm³/mol. The largest absolute Gasteiger partial charge is 0.354 e. The summed E-state index contributed by atoms with van der Waals surface area (Å²) in [4.78, 5) is 41.0. The molecule has 0 aromatic heterocycles. The molecule has 0 bridgehead atoms. The van der Waals surface area contributed by atoms with E-state index in [4.69, 9.17) is 0 Å². The summed E-state index contributed by atoms with van der Waals surface area (Å²) in [6.07, 6.45) is 2.00. The zero-order chi connectivity index (χ0) is 29.3. The Bertz CT molecular complexity index is 1420. The Kier molecular flexibility index (Phi) is 10.6. The Morgan fingerprint density at radius 3 is 2.17 bits per heavy atom. The fraction of sp³-hybridized carbons (Fsp3) is 0.323. The average Bonchev–Trinajstić information content (AvgIpc) is 2.93. The molecular formula is C31H37N3O5S. The normalized spacial score (nSPS) is 11.9. The molecular weight excluding hydrogens is 526 g/mol. The van der Waals surface area contributed by atoms with Gasteiger partial charge in [-0.05, 0) is 43.5 Å². The van der Waals surface area contributed by atoms with Crippen LogP contribution >= 0.6 is 0 Å². The number of sulfonamides is 1. The first-order valence-electron chi connectivity index (χ1n) is 13.2. The molecule has 0 saturated carbocycles. The second-order valence-electron chi connectivity index (χ2n) is 9.88. The standard InChI is InChI=1S/C31H37N3O5S/c1-5-18-32-31(37)29(19-25-10-7-6-8-11-25)33(21-26-16-14-23(2)15-17-26)30(36)22-34(40(4,38)39)28-13-9-12-27(20-28)24(3)35/h6-17,20,29H,5,18-19,21-22H2,1-4H3,(H,32,37). The summed E-state index contributed by atoms with van der Waals surface area (Å²) in [6.45, 7) is 5.33. The van der Waals surface area contributed by atoms with Crippen LogP contribution in [0.15, 0.2) is 78.9 Å². The monoisotopic (exact) mass is 563 g/mol. The van der Waals surface area contributed by atoms with Gasteiger partial charge >= 0.3 is 0 Å². The highest BCUT2D eigenvalue weighted by molar-refractivity contribution is 7.92. The van der Waals surface area contributed by atoms with Crippen molar-refractivity contribution in [1.82, 2.24) is 10.2 Å². The number of nitrogens with one attached hydrogen (secondary N) is 1. The molecule has 1 atom stereocenters. The smallest absolute Gasteiger partial charge is 0.244 e. The minimum absolute atomic E-state index is 0.112. The third-order valence-electron chi connectivity index (χ3n) is 6.51. The van der Waals surface area contributed by atoms with Gasteiger partial charge in [-0.2, -0.15) is 0 Å². The van der Waals surface area contributed by atoms with Crippen molar-refractivity contribution in [3.63, 3.8) is 0 Å². The van der Waals surface area contributed by atoms with Crippen LogP contribution in [0.25, 0.3) is 0 Å². The van der Waals surface area contributed by atoms with E-state index in [2.05, 4.69) is 5.32 Å². The van der Waals surface area contributed by atoms with Gasteiger partial charge in [0.15, 0.2) is 5.78 Å². The summed E-state index contributed by atoms with van der Waals surface area (Å²) in [5, 5.41) is 2.92. The van der Waals surface area contributed by atoms with Crippen LogP contribution in [0.4, 0.5) is 5.69 Å².